The molecule has 0 N–H and O–H groups in total. The fourth-order valence-corrected chi connectivity index (χ4v) is 4.98. The number of hydrogen-bond donors (Lipinski definition) is 0. The first kappa shape index (κ1) is 24.7. The Bertz CT molecular complexity index is 1600. The van der Waals surface area contributed by atoms with Gasteiger partial charge in [0.1, 0.15) is 34.5 Å². The number of thioether (sulfide) groups is 1. The van der Waals surface area contributed by atoms with Crippen LogP contribution in [0.4, 0.5) is 13.2 Å². The molecular formula is C24H16F3N5O3S2. The standard InChI is InChI=1S/C24H16F3N5O3S2/c1-34-15-4-2-13(3-5-15)10-35-20-9-28-19(8-29-20)32-23(33)21-22(30-12-37-21)31-24(32)36-11-16-17(26)6-14(25)7-18(16)27/h2-9,12H,10-11H2,1H3. The van der Waals surface area contributed by atoms with Crippen LogP contribution in [0.25, 0.3) is 16.2 Å². The Labute approximate surface area is 215 Å². The Morgan fingerprint density at radius 3 is 2.46 bits per heavy atom. The lowest BCUT2D eigenvalue weighted by Gasteiger charge is -2.12. The molecule has 0 aliphatic carbocycles. The number of hydrogen-bond acceptors (Lipinski definition) is 9. The molecule has 0 fully saturated rings. The largest absolute Gasteiger partial charge is 0.497 e. The number of ether oxygens (including phenoxy) is 2. The van der Waals surface area contributed by atoms with Gasteiger partial charge in [-0.15, -0.1) is 11.3 Å². The van der Waals surface area contributed by atoms with E-state index in [4.69, 9.17) is 9.47 Å². The highest BCUT2D eigenvalue weighted by Crippen LogP contribution is 2.27. The van der Waals surface area contributed by atoms with E-state index < -0.39 is 23.0 Å². The third-order valence-corrected chi connectivity index (χ3v) is 6.95. The molecule has 37 heavy (non-hydrogen) atoms. The van der Waals surface area contributed by atoms with E-state index in [2.05, 4.69) is 19.9 Å². The van der Waals surface area contributed by atoms with Crippen LogP contribution in [0.15, 0.2) is 64.3 Å². The molecule has 8 nitrogen and oxygen atoms in total. The lowest BCUT2D eigenvalue weighted by atomic mass is 10.2. The van der Waals surface area contributed by atoms with Crippen LogP contribution in [-0.2, 0) is 12.4 Å². The van der Waals surface area contributed by atoms with Crippen molar-refractivity contribution in [2.45, 2.75) is 17.5 Å². The number of methoxy groups -OCH3 is 1. The number of benzene rings is 2. The number of rotatable bonds is 8. The summed E-state index contributed by atoms with van der Waals surface area (Å²) in [6.07, 6.45) is 2.69. The van der Waals surface area contributed by atoms with Gasteiger partial charge in [0.25, 0.3) is 5.56 Å². The summed E-state index contributed by atoms with van der Waals surface area (Å²) in [4.78, 5) is 30.2. The molecule has 0 bridgehead atoms. The molecule has 13 heteroatoms. The second kappa shape index (κ2) is 10.6. The molecule has 3 aromatic heterocycles. The zero-order valence-corrected chi connectivity index (χ0v) is 20.7. The minimum atomic E-state index is -1.04. The highest BCUT2D eigenvalue weighted by molar-refractivity contribution is 7.98. The predicted molar refractivity (Wildman–Crippen MR) is 132 cm³/mol. The molecule has 0 radical (unpaired) electrons. The highest BCUT2D eigenvalue weighted by Gasteiger charge is 2.19. The van der Waals surface area contributed by atoms with Crippen LogP contribution in [0.1, 0.15) is 11.1 Å². The Balaban J connectivity index is 1.42. The van der Waals surface area contributed by atoms with Crippen molar-refractivity contribution in [3.63, 3.8) is 0 Å². The van der Waals surface area contributed by atoms with Gasteiger partial charge in [0.05, 0.1) is 25.0 Å². The van der Waals surface area contributed by atoms with Crippen molar-refractivity contribution in [1.82, 2.24) is 24.5 Å². The fraction of sp³-hybridized carbons (Fsp3) is 0.125. The first-order valence-electron chi connectivity index (χ1n) is 10.6. The second-order valence-corrected chi connectivity index (χ2v) is 9.32. The second-order valence-electron chi connectivity index (χ2n) is 7.53. The van der Waals surface area contributed by atoms with E-state index in [1.54, 1.807) is 7.11 Å². The molecule has 3 heterocycles. The smallest absolute Gasteiger partial charge is 0.279 e. The van der Waals surface area contributed by atoms with Crippen LogP contribution in [0, 0.1) is 17.5 Å². The van der Waals surface area contributed by atoms with Crippen LogP contribution in [0.3, 0.4) is 0 Å². The minimum Gasteiger partial charge on any atom is -0.497 e. The van der Waals surface area contributed by atoms with E-state index in [-0.39, 0.29) is 45.1 Å². The van der Waals surface area contributed by atoms with Gasteiger partial charge >= 0.3 is 0 Å². The van der Waals surface area contributed by atoms with Gasteiger partial charge in [-0.1, -0.05) is 23.9 Å². The van der Waals surface area contributed by atoms with E-state index in [9.17, 15) is 18.0 Å². The molecule has 0 atom stereocenters. The molecule has 0 amide bonds. The van der Waals surface area contributed by atoms with Crippen LogP contribution in [0.2, 0.25) is 0 Å². The number of halogens is 3. The van der Waals surface area contributed by atoms with E-state index in [0.717, 1.165) is 34.4 Å². The SMILES string of the molecule is COc1ccc(COc2cnc(-n3c(SCc4c(F)cc(F)cc4F)nc4ncsc4c3=O)cn2)cc1. The number of nitrogens with zero attached hydrogens (tertiary/aromatic N) is 5. The summed E-state index contributed by atoms with van der Waals surface area (Å²) in [6.45, 7) is 0.238. The van der Waals surface area contributed by atoms with E-state index in [1.807, 2.05) is 24.3 Å². The molecule has 0 unspecified atom stereocenters. The summed E-state index contributed by atoms with van der Waals surface area (Å²) in [7, 11) is 1.58. The highest BCUT2D eigenvalue weighted by atomic mass is 32.2. The topological polar surface area (TPSA) is 92.0 Å². The summed E-state index contributed by atoms with van der Waals surface area (Å²) in [5.74, 6) is -2.26. The molecule has 0 saturated carbocycles. The number of thiazole rings is 1. The van der Waals surface area contributed by atoms with Crippen LogP contribution in [-0.4, -0.2) is 31.6 Å². The normalized spacial score (nSPS) is 11.1. The predicted octanol–water partition coefficient (Wildman–Crippen LogP) is 4.93. The van der Waals surface area contributed by atoms with Gasteiger partial charge in [-0.25, -0.2) is 37.7 Å². The van der Waals surface area contributed by atoms with Gasteiger partial charge in [-0.05, 0) is 17.7 Å². The molecule has 5 aromatic rings. The van der Waals surface area contributed by atoms with Gasteiger partial charge < -0.3 is 9.47 Å². The third kappa shape index (κ3) is 5.27. The van der Waals surface area contributed by atoms with Crippen molar-refractivity contribution >= 4 is 33.4 Å². The van der Waals surface area contributed by atoms with Gasteiger partial charge in [-0.2, -0.15) is 0 Å². The molecule has 0 spiro atoms. The van der Waals surface area contributed by atoms with Crippen molar-refractivity contribution in [3.8, 4) is 17.4 Å². The van der Waals surface area contributed by atoms with Crippen LogP contribution < -0.4 is 15.0 Å². The molecule has 0 aliphatic rings. The first-order valence-corrected chi connectivity index (χ1v) is 12.5. The molecule has 5 rings (SSSR count). The minimum absolute atomic E-state index is 0.0905. The quantitative estimate of drug-likeness (QED) is 0.201. The summed E-state index contributed by atoms with van der Waals surface area (Å²) in [5, 5.41) is 0.0905. The van der Waals surface area contributed by atoms with Crippen LogP contribution in [0.5, 0.6) is 11.6 Å². The fourth-order valence-electron chi connectivity index (χ4n) is 3.32. The number of fused-ring (bicyclic) bond motifs is 1. The zero-order valence-electron chi connectivity index (χ0n) is 19.0. The summed E-state index contributed by atoms with van der Waals surface area (Å²) in [5.41, 5.74) is 1.75. The maximum Gasteiger partial charge on any atom is 0.279 e. The molecule has 2 aromatic carbocycles. The van der Waals surface area contributed by atoms with E-state index in [1.165, 1.54) is 22.5 Å². The Morgan fingerprint density at radius 2 is 1.78 bits per heavy atom. The third-order valence-electron chi connectivity index (χ3n) is 5.18. The van der Waals surface area contributed by atoms with Crippen molar-refractivity contribution in [2.24, 2.45) is 0 Å². The van der Waals surface area contributed by atoms with Crippen molar-refractivity contribution < 1.29 is 22.6 Å². The van der Waals surface area contributed by atoms with Crippen LogP contribution >= 0.6 is 23.1 Å². The Hall–Kier alpha value is -3.97. The Morgan fingerprint density at radius 1 is 1.03 bits per heavy atom. The lowest BCUT2D eigenvalue weighted by Crippen LogP contribution is -2.22. The summed E-state index contributed by atoms with van der Waals surface area (Å²) < 4.78 is 53.9. The summed E-state index contributed by atoms with van der Waals surface area (Å²) in [6, 6.07) is 8.52. The van der Waals surface area contributed by atoms with E-state index in [0.29, 0.717) is 12.1 Å². The van der Waals surface area contributed by atoms with Crippen molar-refractivity contribution in [1.29, 1.82) is 0 Å². The molecular weight excluding hydrogens is 527 g/mol. The monoisotopic (exact) mass is 543 g/mol. The average Bonchev–Trinajstić information content (AvgIpc) is 3.37. The molecule has 188 valence electrons. The van der Waals surface area contributed by atoms with Gasteiger partial charge in [-0.3, -0.25) is 4.79 Å². The first-order chi connectivity index (χ1) is 17.9. The maximum absolute atomic E-state index is 14.2. The van der Waals surface area contributed by atoms with E-state index >= 15 is 0 Å². The number of aromatic nitrogens is 5. The average molecular weight is 544 g/mol. The summed E-state index contributed by atoms with van der Waals surface area (Å²) >= 11 is 1.99. The molecule has 0 aliphatic heterocycles. The maximum atomic E-state index is 14.2. The van der Waals surface area contributed by atoms with Gasteiger partial charge in [0, 0.05) is 23.4 Å². The van der Waals surface area contributed by atoms with Gasteiger partial charge in [0.15, 0.2) is 16.6 Å². The zero-order chi connectivity index (χ0) is 25.9. The molecule has 0 saturated heterocycles. The van der Waals surface area contributed by atoms with Crippen molar-refractivity contribution in [2.75, 3.05) is 7.11 Å². The van der Waals surface area contributed by atoms with Gasteiger partial charge in [0.2, 0.25) is 5.88 Å². The Kier molecular flexibility index (Phi) is 7.06. The van der Waals surface area contributed by atoms with Crippen molar-refractivity contribution in [3.05, 3.63) is 93.2 Å². The lowest BCUT2D eigenvalue weighted by molar-refractivity contribution is 0.292.